The Bertz CT molecular complexity index is 460. The van der Waals surface area contributed by atoms with Crippen LogP contribution in [-0.4, -0.2) is 12.1 Å². The summed E-state index contributed by atoms with van der Waals surface area (Å²) in [5, 5.41) is 0. The van der Waals surface area contributed by atoms with E-state index in [1.54, 1.807) is 0 Å². The summed E-state index contributed by atoms with van der Waals surface area (Å²) in [5.41, 5.74) is 0. The minimum atomic E-state index is 0.0801. The molecule has 0 aliphatic rings. The lowest BCUT2D eigenvalue weighted by molar-refractivity contribution is -0.154. The SMILES string of the molecule is CCCCCCCCCCCCCCC(CCCCCCCCCCCC)C(=O)OC(C)CCCCCC. The zero-order valence-electron chi connectivity index (χ0n) is 27.0. The predicted molar refractivity (Wildman–Crippen MR) is 170 cm³/mol. The summed E-state index contributed by atoms with van der Waals surface area (Å²) in [5.74, 6) is 0.234. The molecule has 2 atom stereocenters. The summed E-state index contributed by atoms with van der Waals surface area (Å²) in [6.45, 7) is 8.93. The smallest absolute Gasteiger partial charge is 0.309 e. The maximum atomic E-state index is 13.0. The lowest BCUT2D eigenvalue weighted by Gasteiger charge is -2.20. The maximum Gasteiger partial charge on any atom is 0.309 e. The van der Waals surface area contributed by atoms with Crippen LogP contribution in [0.25, 0.3) is 0 Å². The van der Waals surface area contributed by atoms with Crippen molar-refractivity contribution in [3.63, 3.8) is 0 Å². The number of hydrogen-bond donors (Lipinski definition) is 0. The third-order valence-corrected chi connectivity index (χ3v) is 8.43. The van der Waals surface area contributed by atoms with E-state index in [1.165, 1.54) is 167 Å². The van der Waals surface area contributed by atoms with Crippen molar-refractivity contribution in [3.05, 3.63) is 0 Å². The molecule has 2 heteroatoms. The Morgan fingerprint density at radius 1 is 0.421 bits per heavy atom. The zero-order valence-corrected chi connectivity index (χ0v) is 27.0. The van der Waals surface area contributed by atoms with Crippen molar-refractivity contribution in [3.8, 4) is 0 Å². The standard InChI is InChI=1S/C36H72O2/c1-5-8-11-14-16-18-20-21-23-25-27-30-33-35(36(37)38-34(4)31-28-13-10-7-3)32-29-26-24-22-19-17-15-12-9-6-2/h34-35H,5-33H2,1-4H3. The van der Waals surface area contributed by atoms with Gasteiger partial charge >= 0.3 is 5.97 Å². The first-order chi connectivity index (χ1) is 18.7. The summed E-state index contributed by atoms with van der Waals surface area (Å²) in [6, 6.07) is 0. The Morgan fingerprint density at radius 2 is 0.684 bits per heavy atom. The topological polar surface area (TPSA) is 26.3 Å². The number of hydrogen-bond acceptors (Lipinski definition) is 2. The van der Waals surface area contributed by atoms with Gasteiger partial charge in [0, 0.05) is 0 Å². The summed E-state index contributed by atoms with van der Waals surface area (Å²) < 4.78 is 5.95. The van der Waals surface area contributed by atoms with Gasteiger partial charge in [0.15, 0.2) is 0 Å². The lowest BCUT2D eigenvalue weighted by atomic mass is 9.94. The Hall–Kier alpha value is -0.530. The third-order valence-electron chi connectivity index (χ3n) is 8.43. The van der Waals surface area contributed by atoms with E-state index < -0.39 is 0 Å². The van der Waals surface area contributed by atoms with E-state index in [2.05, 4.69) is 27.7 Å². The van der Waals surface area contributed by atoms with Gasteiger partial charge in [0.25, 0.3) is 0 Å². The quantitative estimate of drug-likeness (QED) is 0.0650. The molecule has 0 aromatic carbocycles. The van der Waals surface area contributed by atoms with Crippen molar-refractivity contribution < 1.29 is 9.53 Å². The Morgan fingerprint density at radius 3 is 1.03 bits per heavy atom. The van der Waals surface area contributed by atoms with Gasteiger partial charge in [-0.25, -0.2) is 0 Å². The molecule has 2 nitrogen and oxygen atoms in total. The molecule has 0 N–H and O–H groups in total. The molecule has 0 saturated heterocycles. The average Bonchev–Trinajstić information content (AvgIpc) is 2.91. The Kier molecular flexibility index (Phi) is 30.6. The van der Waals surface area contributed by atoms with E-state index in [4.69, 9.17) is 4.74 Å². The fourth-order valence-electron chi connectivity index (χ4n) is 5.70. The molecular formula is C36H72O2. The number of carbonyl (C=O) groups excluding carboxylic acids is 1. The van der Waals surface area contributed by atoms with Crippen molar-refractivity contribution in [2.75, 3.05) is 0 Å². The van der Waals surface area contributed by atoms with Gasteiger partial charge in [-0.2, -0.15) is 0 Å². The number of unbranched alkanes of at least 4 members (excludes halogenated alkanes) is 23. The number of esters is 1. The average molecular weight is 537 g/mol. The monoisotopic (exact) mass is 537 g/mol. The highest BCUT2D eigenvalue weighted by Gasteiger charge is 2.21. The van der Waals surface area contributed by atoms with E-state index in [0.29, 0.717) is 0 Å². The van der Waals surface area contributed by atoms with Gasteiger partial charge in [-0.05, 0) is 32.6 Å². The largest absolute Gasteiger partial charge is 0.462 e. The molecule has 0 fully saturated rings. The van der Waals surface area contributed by atoms with Crippen molar-refractivity contribution in [2.45, 2.75) is 220 Å². The molecule has 0 saturated carbocycles. The molecule has 0 amide bonds. The highest BCUT2D eigenvalue weighted by molar-refractivity contribution is 5.72. The number of rotatable bonds is 31. The second-order valence-corrected chi connectivity index (χ2v) is 12.4. The zero-order chi connectivity index (χ0) is 27.9. The van der Waals surface area contributed by atoms with Gasteiger partial charge in [0.1, 0.15) is 0 Å². The first-order valence-electron chi connectivity index (χ1n) is 17.9. The molecule has 0 aliphatic carbocycles. The van der Waals surface area contributed by atoms with Gasteiger partial charge in [-0.3, -0.25) is 4.79 Å². The minimum absolute atomic E-state index is 0.0801. The molecule has 0 heterocycles. The van der Waals surface area contributed by atoms with Crippen LogP contribution in [0.4, 0.5) is 0 Å². The summed E-state index contributed by atoms with van der Waals surface area (Å²) >= 11 is 0. The normalized spacial score (nSPS) is 13.1. The van der Waals surface area contributed by atoms with E-state index in [9.17, 15) is 4.79 Å². The maximum absolute atomic E-state index is 13.0. The van der Waals surface area contributed by atoms with E-state index in [0.717, 1.165) is 19.3 Å². The fourth-order valence-corrected chi connectivity index (χ4v) is 5.70. The summed E-state index contributed by atoms with van der Waals surface area (Å²) in [4.78, 5) is 13.0. The van der Waals surface area contributed by atoms with E-state index >= 15 is 0 Å². The van der Waals surface area contributed by atoms with Crippen LogP contribution in [0.1, 0.15) is 214 Å². The van der Waals surface area contributed by atoms with Crippen molar-refractivity contribution in [1.29, 1.82) is 0 Å². The van der Waals surface area contributed by atoms with Crippen LogP contribution >= 0.6 is 0 Å². The molecule has 0 aromatic rings. The van der Waals surface area contributed by atoms with Crippen LogP contribution in [0.3, 0.4) is 0 Å². The van der Waals surface area contributed by atoms with Gasteiger partial charge in [0.05, 0.1) is 12.0 Å². The van der Waals surface area contributed by atoms with Crippen LogP contribution in [-0.2, 0) is 9.53 Å². The van der Waals surface area contributed by atoms with Crippen molar-refractivity contribution in [1.82, 2.24) is 0 Å². The third kappa shape index (κ3) is 27.1. The van der Waals surface area contributed by atoms with E-state index in [-0.39, 0.29) is 18.0 Å². The van der Waals surface area contributed by atoms with Crippen molar-refractivity contribution >= 4 is 5.97 Å². The molecule has 0 spiro atoms. The fraction of sp³-hybridized carbons (Fsp3) is 0.972. The predicted octanol–water partition coefficient (Wildman–Crippen LogP) is 12.9. The van der Waals surface area contributed by atoms with E-state index in [1.807, 2.05) is 0 Å². The molecule has 0 rings (SSSR count). The molecular weight excluding hydrogens is 464 g/mol. The van der Waals surface area contributed by atoms with Crippen LogP contribution in [0.2, 0.25) is 0 Å². The first kappa shape index (κ1) is 37.5. The Labute approximate surface area is 241 Å². The molecule has 0 aromatic heterocycles. The van der Waals surface area contributed by atoms with Crippen LogP contribution < -0.4 is 0 Å². The van der Waals surface area contributed by atoms with Crippen LogP contribution in [0, 0.1) is 5.92 Å². The van der Waals surface area contributed by atoms with Crippen molar-refractivity contribution in [2.24, 2.45) is 5.92 Å². The molecule has 38 heavy (non-hydrogen) atoms. The molecule has 2 unspecified atom stereocenters. The van der Waals surface area contributed by atoms with Gasteiger partial charge < -0.3 is 4.74 Å². The van der Waals surface area contributed by atoms with Gasteiger partial charge in [-0.1, -0.05) is 181 Å². The highest BCUT2D eigenvalue weighted by atomic mass is 16.5. The van der Waals surface area contributed by atoms with Gasteiger partial charge in [-0.15, -0.1) is 0 Å². The molecule has 0 aliphatic heterocycles. The summed E-state index contributed by atoms with van der Waals surface area (Å²) in [6.07, 6.45) is 38.2. The molecule has 0 bridgehead atoms. The van der Waals surface area contributed by atoms with Crippen LogP contribution in [0.5, 0.6) is 0 Å². The van der Waals surface area contributed by atoms with Gasteiger partial charge in [0.2, 0.25) is 0 Å². The minimum Gasteiger partial charge on any atom is -0.462 e. The molecule has 228 valence electrons. The lowest BCUT2D eigenvalue weighted by Crippen LogP contribution is -2.23. The number of ether oxygens (including phenoxy) is 1. The van der Waals surface area contributed by atoms with Crippen LogP contribution in [0.15, 0.2) is 0 Å². The Balaban J connectivity index is 4.13. The summed E-state index contributed by atoms with van der Waals surface area (Å²) in [7, 11) is 0. The molecule has 0 radical (unpaired) electrons. The first-order valence-corrected chi connectivity index (χ1v) is 17.9. The second-order valence-electron chi connectivity index (χ2n) is 12.4. The number of carbonyl (C=O) groups is 1. The second kappa shape index (κ2) is 31.0. The highest BCUT2D eigenvalue weighted by Crippen LogP contribution is 2.22.